The zero-order chi connectivity index (χ0) is 24.8. The lowest BCUT2D eigenvalue weighted by Crippen LogP contribution is -2.36. The average molecular weight is 475 g/mol. The molecular formula is C27H34N6O2. The summed E-state index contributed by atoms with van der Waals surface area (Å²) in [5, 5.41) is 23.3. The number of benzene rings is 2. The third-order valence-corrected chi connectivity index (χ3v) is 6.36. The second-order valence-electron chi connectivity index (χ2n) is 9.45. The highest BCUT2D eigenvalue weighted by molar-refractivity contribution is 5.79. The molecule has 0 amide bonds. The Labute approximate surface area is 205 Å². The van der Waals surface area contributed by atoms with Gasteiger partial charge >= 0.3 is 0 Å². The van der Waals surface area contributed by atoms with Gasteiger partial charge in [-0.05, 0) is 65.3 Å². The van der Waals surface area contributed by atoms with E-state index in [9.17, 15) is 9.90 Å². The molecule has 1 atom stereocenters. The molecule has 184 valence electrons. The molecule has 0 aliphatic heterocycles. The number of H-pyrrole nitrogens is 1. The summed E-state index contributed by atoms with van der Waals surface area (Å²) in [5.41, 5.74) is 3.79. The number of aromatic nitrogens is 5. The molecule has 2 aromatic heterocycles. The van der Waals surface area contributed by atoms with Gasteiger partial charge in [-0.2, -0.15) is 0 Å². The number of aliphatic hydroxyl groups excluding tert-OH is 1. The van der Waals surface area contributed by atoms with Gasteiger partial charge in [-0.1, -0.05) is 55.8 Å². The number of aliphatic hydroxyl groups is 1. The van der Waals surface area contributed by atoms with Crippen LogP contribution in [0.3, 0.4) is 0 Å². The van der Waals surface area contributed by atoms with E-state index in [-0.39, 0.29) is 24.1 Å². The Kier molecular flexibility index (Phi) is 8.05. The predicted molar refractivity (Wildman–Crippen MR) is 137 cm³/mol. The Balaban J connectivity index is 1.64. The van der Waals surface area contributed by atoms with Gasteiger partial charge in [0.1, 0.15) is 0 Å². The molecule has 0 saturated carbocycles. The lowest BCUT2D eigenvalue weighted by Gasteiger charge is -2.33. The Bertz CT molecular complexity index is 1300. The van der Waals surface area contributed by atoms with Crippen molar-refractivity contribution in [2.24, 2.45) is 5.92 Å². The second-order valence-corrected chi connectivity index (χ2v) is 9.45. The highest BCUT2D eigenvalue weighted by Gasteiger charge is 2.29. The SMILES string of the molecule is Cc1ccc2[nH]c(=O)c(CN(CCCO)C(c3nnnn3CCc3ccccc3)C(C)C)cc2c1. The van der Waals surface area contributed by atoms with Crippen molar-refractivity contribution in [3.05, 3.63) is 87.5 Å². The first-order valence-corrected chi connectivity index (χ1v) is 12.2. The lowest BCUT2D eigenvalue weighted by molar-refractivity contribution is 0.122. The maximum Gasteiger partial charge on any atom is 0.252 e. The van der Waals surface area contributed by atoms with Crippen LogP contribution >= 0.6 is 0 Å². The van der Waals surface area contributed by atoms with Crippen LogP contribution in [0, 0.1) is 12.8 Å². The first-order chi connectivity index (χ1) is 17.0. The summed E-state index contributed by atoms with van der Waals surface area (Å²) in [6.45, 7) is 8.13. The minimum Gasteiger partial charge on any atom is -0.396 e. The van der Waals surface area contributed by atoms with E-state index >= 15 is 0 Å². The van der Waals surface area contributed by atoms with Crippen molar-refractivity contribution in [3.63, 3.8) is 0 Å². The molecule has 4 rings (SSSR count). The summed E-state index contributed by atoms with van der Waals surface area (Å²) in [5.74, 6) is 0.971. The second kappa shape index (κ2) is 11.4. The molecule has 4 aromatic rings. The number of nitrogens with zero attached hydrogens (tertiary/aromatic N) is 5. The number of nitrogens with one attached hydrogen (secondary N) is 1. The van der Waals surface area contributed by atoms with Crippen LogP contribution in [0.4, 0.5) is 0 Å². The number of aromatic amines is 1. The smallest absolute Gasteiger partial charge is 0.252 e. The van der Waals surface area contributed by atoms with Gasteiger partial charge in [0, 0.05) is 37.3 Å². The van der Waals surface area contributed by atoms with Crippen LogP contribution in [0.2, 0.25) is 0 Å². The topological polar surface area (TPSA) is 99.9 Å². The van der Waals surface area contributed by atoms with Crippen molar-refractivity contribution in [2.75, 3.05) is 13.2 Å². The standard InChI is InChI=1S/C27H34N6O2/c1-19(2)25(26-29-30-31-33(26)14-12-21-8-5-4-6-9-21)32(13-7-15-34)18-23-17-22-16-20(3)10-11-24(22)28-27(23)35/h4-6,8-11,16-17,19,25,34H,7,12-15,18H2,1-3H3,(H,28,35). The highest BCUT2D eigenvalue weighted by atomic mass is 16.3. The van der Waals surface area contributed by atoms with E-state index in [4.69, 9.17) is 0 Å². The number of pyridine rings is 1. The van der Waals surface area contributed by atoms with Gasteiger partial charge in [-0.25, -0.2) is 4.68 Å². The van der Waals surface area contributed by atoms with E-state index in [1.165, 1.54) is 5.56 Å². The number of fused-ring (bicyclic) bond motifs is 1. The molecule has 2 N–H and O–H groups in total. The van der Waals surface area contributed by atoms with Crippen LogP contribution in [0.15, 0.2) is 59.4 Å². The minimum atomic E-state index is -0.111. The molecule has 0 saturated heterocycles. The molecule has 8 nitrogen and oxygen atoms in total. The number of hydrogen-bond acceptors (Lipinski definition) is 6. The third kappa shape index (κ3) is 6.01. The third-order valence-electron chi connectivity index (χ3n) is 6.36. The molecule has 0 fully saturated rings. The first-order valence-electron chi connectivity index (χ1n) is 12.2. The fourth-order valence-electron chi connectivity index (χ4n) is 4.64. The Hall–Kier alpha value is -3.36. The lowest BCUT2D eigenvalue weighted by atomic mass is 10.00. The summed E-state index contributed by atoms with van der Waals surface area (Å²) in [6.07, 6.45) is 1.42. The maximum absolute atomic E-state index is 13.0. The van der Waals surface area contributed by atoms with Crippen molar-refractivity contribution >= 4 is 10.9 Å². The van der Waals surface area contributed by atoms with Crippen LogP contribution < -0.4 is 5.56 Å². The van der Waals surface area contributed by atoms with Crippen molar-refractivity contribution in [1.82, 2.24) is 30.1 Å². The van der Waals surface area contributed by atoms with E-state index in [1.54, 1.807) is 0 Å². The zero-order valence-electron chi connectivity index (χ0n) is 20.7. The summed E-state index contributed by atoms with van der Waals surface area (Å²) < 4.78 is 1.87. The predicted octanol–water partition coefficient (Wildman–Crippen LogP) is 3.65. The van der Waals surface area contributed by atoms with Gasteiger partial charge in [-0.15, -0.1) is 5.10 Å². The molecule has 0 aliphatic carbocycles. The van der Waals surface area contributed by atoms with Crippen molar-refractivity contribution in [1.29, 1.82) is 0 Å². The quantitative estimate of drug-likeness (QED) is 0.344. The van der Waals surface area contributed by atoms with Gasteiger partial charge in [0.05, 0.1) is 6.04 Å². The molecule has 0 spiro atoms. The molecule has 2 heterocycles. The minimum absolute atomic E-state index is 0.0769. The number of hydrogen-bond donors (Lipinski definition) is 2. The van der Waals surface area contributed by atoms with E-state index in [0.29, 0.717) is 31.6 Å². The molecule has 0 aliphatic rings. The number of rotatable bonds is 11. The van der Waals surface area contributed by atoms with Gasteiger partial charge < -0.3 is 10.1 Å². The number of aryl methyl sites for hydroxylation is 3. The molecule has 8 heteroatoms. The van der Waals surface area contributed by atoms with Crippen LogP contribution in [0.5, 0.6) is 0 Å². The van der Waals surface area contributed by atoms with E-state index < -0.39 is 0 Å². The summed E-state index contributed by atoms with van der Waals surface area (Å²) in [4.78, 5) is 18.2. The molecule has 35 heavy (non-hydrogen) atoms. The highest BCUT2D eigenvalue weighted by Crippen LogP contribution is 2.29. The van der Waals surface area contributed by atoms with Gasteiger partial charge in [0.25, 0.3) is 5.56 Å². The molecule has 1 unspecified atom stereocenters. The van der Waals surface area contributed by atoms with Crippen LogP contribution in [0.25, 0.3) is 10.9 Å². The Morgan fingerprint density at radius 1 is 1.11 bits per heavy atom. The monoisotopic (exact) mass is 474 g/mol. The molecule has 0 bridgehead atoms. The van der Waals surface area contributed by atoms with Crippen molar-refractivity contribution < 1.29 is 5.11 Å². The largest absolute Gasteiger partial charge is 0.396 e. The van der Waals surface area contributed by atoms with E-state index in [0.717, 1.165) is 28.7 Å². The number of tetrazole rings is 1. The summed E-state index contributed by atoms with van der Waals surface area (Å²) in [6, 6.07) is 18.2. The van der Waals surface area contributed by atoms with Crippen LogP contribution in [-0.4, -0.2) is 48.3 Å². The summed E-state index contributed by atoms with van der Waals surface area (Å²) >= 11 is 0. The Morgan fingerprint density at radius 2 is 1.91 bits per heavy atom. The van der Waals surface area contributed by atoms with Crippen LogP contribution in [-0.2, 0) is 19.5 Å². The van der Waals surface area contributed by atoms with E-state index in [2.05, 4.69) is 57.5 Å². The Morgan fingerprint density at radius 3 is 2.66 bits per heavy atom. The normalized spacial score (nSPS) is 12.6. The molecular weight excluding hydrogens is 440 g/mol. The van der Waals surface area contributed by atoms with Gasteiger partial charge in [0.15, 0.2) is 5.82 Å². The van der Waals surface area contributed by atoms with E-state index in [1.807, 2.05) is 48.0 Å². The average Bonchev–Trinajstić information content (AvgIpc) is 3.30. The zero-order valence-corrected chi connectivity index (χ0v) is 20.7. The molecule has 0 radical (unpaired) electrons. The van der Waals surface area contributed by atoms with Crippen molar-refractivity contribution in [2.45, 2.75) is 52.7 Å². The molecule has 2 aromatic carbocycles. The maximum atomic E-state index is 13.0. The van der Waals surface area contributed by atoms with Crippen molar-refractivity contribution in [3.8, 4) is 0 Å². The fraction of sp³-hybridized carbons (Fsp3) is 0.407. The van der Waals surface area contributed by atoms with Crippen LogP contribution in [0.1, 0.15) is 48.8 Å². The fourth-order valence-corrected chi connectivity index (χ4v) is 4.64. The van der Waals surface area contributed by atoms with Gasteiger partial charge in [0.2, 0.25) is 0 Å². The summed E-state index contributed by atoms with van der Waals surface area (Å²) in [7, 11) is 0. The first kappa shape index (κ1) is 24.8. The van der Waals surface area contributed by atoms with Gasteiger partial charge in [-0.3, -0.25) is 9.69 Å².